The molecule has 1 amide bonds. The fraction of sp³-hybridized carbons (Fsp3) is 0.154. The molecular formula is C13H12ClNOS. The standard InChI is InChI=1S/C13H12ClNOS/c1-9-4-5-12(11(14)7-9)15-13(16)8-10-3-2-6-17-10/h2-7H,8H2,1H3,(H,15,16). The molecule has 0 spiro atoms. The minimum Gasteiger partial charge on any atom is -0.324 e. The van der Waals surface area contributed by atoms with Crippen LogP contribution in [0.2, 0.25) is 5.02 Å². The first-order chi connectivity index (χ1) is 8.15. The van der Waals surface area contributed by atoms with Gasteiger partial charge in [0.15, 0.2) is 0 Å². The second-order valence-electron chi connectivity index (χ2n) is 3.79. The van der Waals surface area contributed by atoms with Gasteiger partial charge in [-0.15, -0.1) is 11.3 Å². The lowest BCUT2D eigenvalue weighted by Crippen LogP contribution is -2.13. The molecule has 2 aromatic rings. The summed E-state index contributed by atoms with van der Waals surface area (Å²) >= 11 is 7.62. The van der Waals surface area contributed by atoms with E-state index in [0.29, 0.717) is 17.1 Å². The molecule has 2 rings (SSSR count). The minimum absolute atomic E-state index is 0.0433. The number of aryl methyl sites for hydroxylation is 1. The summed E-state index contributed by atoms with van der Waals surface area (Å²) in [5.74, 6) is -0.0433. The summed E-state index contributed by atoms with van der Waals surface area (Å²) < 4.78 is 0. The molecule has 0 unspecified atom stereocenters. The van der Waals surface area contributed by atoms with E-state index in [9.17, 15) is 4.79 Å². The Morgan fingerprint density at radius 2 is 2.24 bits per heavy atom. The zero-order chi connectivity index (χ0) is 12.3. The van der Waals surface area contributed by atoms with E-state index in [4.69, 9.17) is 11.6 Å². The molecule has 2 nitrogen and oxygen atoms in total. The summed E-state index contributed by atoms with van der Waals surface area (Å²) in [5, 5.41) is 5.34. The molecule has 17 heavy (non-hydrogen) atoms. The van der Waals surface area contributed by atoms with E-state index in [-0.39, 0.29) is 5.91 Å². The summed E-state index contributed by atoms with van der Waals surface area (Å²) in [7, 11) is 0. The number of carbonyl (C=O) groups is 1. The molecule has 0 aliphatic rings. The van der Waals surface area contributed by atoms with Gasteiger partial charge in [0.2, 0.25) is 5.91 Å². The molecule has 0 bridgehead atoms. The maximum absolute atomic E-state index is 11.8. The van der Waals surface area contributed by atoms with Crippen molar-refractivity contribution >= 4 is 34.5 Å². The Morgan fingerprint density at radius 1 is 1.41 bits per heavy atom. The van der Waals surface area contributed by atoms with Crippen molar-refractivity contribution in [3.05, 3.63) is 51.2 Å². The minimum atomic E-state index is -0.0433. The van der Waals surface area contributed by atoms with Crippen molar-refractivity contribution in [1.29, 1.82) is 0 Å². The van der Waals surface area contributed by atoms with E-state index in [1.807, 2.05) is 42.6 Å². The number of benzene rings is 1. The molecule has 88 valence electrons. The molecule has 0 atom stereocenters. The number of anilines is 1. The van der Waals surface area contributed by atoms with Gasteiger partial charge in [-0.2, -0.15) is 0 Å². The largest absolute Gasteiger partial charge is 0.324 e. The van der Waals surface area contributed by atoms with Gasteiger partial charge in [-0.25, -0.2) is 0 Å². The van der Waals surface area contributed by atoms with Crippen molar-refractivity contribution in [3.63, 3.8) is 0 Å². The lowest BCUT2D eigenvalue weighted by atomic mass is 10.2. The molecule has 1 heterocycles. The predicted molar refractivity (Wildman–Crippen MR) is 72.8 cm³/mol. The Kier molecular flexibility index (Phi) is 3.82. The molecule has 0 radical (unpaired) electrons. The summed E-state index contributed by atoms with van der Waals surface area (Å²) in [6.45, 7) is 1.96. The fourth-order valence-corrected chi connectivity index (χ4v) is 2.47. The molecule has 1 aromatic heterocycles. The number of thiophene rings is 1. The van der Waals surface area contributed by atoms with Gasteiger partial charge in [0, 0.05) is 4.88 Å². The highest BCUT2D eigenvalue weighted by Crippen LogP contribution is 2.23. The summed E-state index contributed by atoms with van der Waals surface area (Å²) in [5.41, 5.74) is 1.74. The quantitative estimate of drug-likeness (QED) is 0.896. The third-order valence-electron chi connectivity index (χ3n) is 2.31. The second kappa shape index (κ2) is 5.34. The smallest absolute Gasteiger partial charge is 0.229 e. The molecule has 4 heteroatoms. The van der Waals surface area contributed by atoms with Crippen LogP contribution >= 0.6 is 22.9 Å². The third kappa shape index (κ3) is 3.32. The summed E-state index contributed by atoms with van der Waals surface area (Å²) in [6.07, 6.45) is 0.391. The Morgan fingerprint density at radius 3 is 2.88 bits per heavy atom. The topological polar surface area (TPSA) is 29.1 Å². The van der Waals surface area contributed by atoms with E-state index in [2.05, 4.69) is 5.32 Å². The van der Waals surface area contributed by atoms with Crippen LogP contribution < -0.4 is 5.32 Å². The Balaban J connectivity index is 2.03. The van der Waals surface area contributed by atoms with Gasteiger partial charge in [-0.05, 0) is 36.1 Å². The molecular weight excluding hydrogens is 254 g/mol. The maximum atomic E-state index is 11.8. The van der Waals surface area contributed by atoms with E-state index in [0.717, 1.165) is 10.4 Å². The molecule has 0 saturated heterocycles. The van der Waals surface area contributed by atoms with Crippen molar-refractivity contribution in [2.75, 3.05) is 5.32 Å². The third-order valence-corrected chi connectivity index (χ3v) is 3.50. The highest BCUT2D eigenvalue weighted by molar-refractivity contribution is 7.10. The number of carbonyl (C=O) groups excluding carboxylic acids is 1. The van der Waals surface area contributed by atoms with Crippen molar-refractivity contribution in [2.45, 2.75) is 13.3 Å². The van der Waals surface area contributed by atoms with Crippen LogP contribution in [0.15, 0.2) is 35.7 Å². The monoisotopic (exact) mass is 265 g/mol. The van der Waals surface area contributed by atoms with Crippen LogP contribution in [-0.2, 0) is 11.2 Å². The zero-order valence-electron chi connectivity index (χ0n) is 9.37. The van der Waals surface area contributed by atoms with Crippen molar-refractivity contribution in [2.24, 2.45) is 0 Å². The van der Waals surface area contributed by atoms with E-state index in [1.54, 1.807) is 11.3 Å². The average Bonchev–Trinajstić information content (AvgIpc) is 2.75. The lowest BCUT2D eigenvalue weighted by molar-refractivity contribution is -0.115. The first-order valence-electron chi connectivity index (χ1n) is 5.23. The van der Waals surface area contributed by atoms with Crippen molar-refractivity contribution in [3.8, 4) is 0 Å². The van der Waals surface area contributed by atoms with Crippen LogP contribution in [0, 0.1) is 6.92 Å². The van der Waals surface area contributed by atoms with Gasteiger partial charge < -0.3 is 5.32 Å². The highest BCUT2D eigenvalue weighted by atomic mass is 35.5. The highest BCUT2D eigenvalue weighted by Gasteiger charge is 2.07. The molecule has 0 fully saturated rings. The van der Waals surface area contributed by atoms with Gasteiger partial charge >= 0.3 is 0 Å². The van der Waals surface area contributed by atoms with Gasteiger partial charge in [0.25, 0.3) is 0 Å². The molecule has 0 saturated carbocycles. The van der Waals surface area contributed by atoms with Crippen molar-refractivity contribution in [1.82, 2.24) is 0 Å². The van der Waals surface area contributed by atoms with E-state index in [1.165, 1.54) is 0 Å². The summed E-state index contributed by atoms with van der Waals surface area (Å²) in [6, 6.07) is 9.46. The SMILES string of the molecule is Cc1ccc(NC(=O)Cc2cccs2)c(Cl)c1. The first-order valence-corrected chi connectivity index (χ1v) is 6.49. The Bertz CT molecular complexity index is 522. The number of nitrogens with one attached hydrogen (secondary N) is 1. The van der Waals surface area contributed by atoms with Crippen LogP contribution in [0.4, 0.5) is 5.69 Å². The van der Waals surface area contributed by atoms with Crippen LogP contribution in [0.1, 0.15) is 10.4 Å². The van der Waals surface area contributed by atoms with Gasteiger partial charge in [-0.1, -0.05) is 23.7 Å². The maximum Gasteiger partial charge on any atom is 0.229 e. The first kappa shape index (κ1) is 12.1. The number of amides is 1. The second-order valence-corrected chi connectivity index (χ2v) is 5.23. The van der Waals surface area contributed by atoms with E-state index < -0.39 is 0 Å². The molecule has 0 aliphatic heterocycles. The van der Waals surface area contributed by atoms with Crippen molar-refractivity contribution < 1.29 is 4.79 Å². The van der Waals surface area contributed by atoms with Gasteiger partial charge in [-0.3, -0.25) is 4.79 Å². The molecule has 1 N–H and O–H groups in total. The van der Waals surface area contributed by atoms with Gasteiger partial charge in [0.05, 0.1) is 17.1 Å². The van der Waals surface area contributed by atoms with Crippen LogP contribution in [0.3, 0.4) is 0 Å². The van der Waals surface area contributed by atoms with Crippen LogP contribution in [0.5, 0.6) is 0 Å². The Hall–Kier alpha value is -1.32. The molecule has 1 aromatic carbocycles. The van der Waals surface area contributed by atoms with Crippen LogP contribution in [-0.4, -0.2) is 5.91 Å². The predicted octanol–water partition coefficient (Wildman–Crippen LogP) is 3.89. The number of hydrogen-bond donors (Lipinski definition) is 1. The Labute approximate surface area is 109 Å². The van der Waals surface area contributed by atoms with E-state index >= 15 is 0 Å². The normalized spacial score (nSPS) is 10.2. The average molecular weight is 266 g/mol. The fourth-order valence-electron chi connectivity index (χ4n) is 1.49. The summed E-state index contributed by atoms with van der Waals surface area (Å²) in [4.78, 5) is 12.8. The number of hydrogen-bond acceptors (Lipinski definition) is 2. The lowest BCUT2D eigenvalue weighted by Gasteiger charge is -2.07. The van der Waals surface area contributed by atoms with Gasteiger partial charge in [0.1, 0.15) is 0 Å². The number of rotatable bonds is 3. The number of halogens is 1. The van der Waals surface area contributed by atoms with Crippen LogP contribution in [0.25, 0.3) is 0 Å². The molecule has 0 aliphatic carbocycles. The zero-order valence-corrected chi connectivity index (χ0v) is 10.9.